The fourth-order valence-electron chi connectivity index (χ4n) is 2.78. The van der Waals surface area contributed by atoms with Crippen molar-refractivity contribution in [2.24, 2.45) is 0 Å². The summed E-state index contributed by atoms with van der Waals surface area (Å²) in [5.41, 5.74) is -0.0325. The van der Waals surface area contributed by atoms with Gasteiger partial charge in [0.05, 0.1) is 11.5 Å². The van der Waals surface area contributed by atoms with Crippen LogP contribution in [0, 0.1) is 0 Å². The van der Waals surface area contributed by atoms with Gasteiger partial charge in [0.2, 0.25) is 0 Å². The van der Waals surface area contributed by atoms with E-state index in [2.05, 4.69) is 0 Å². The van der Waals surface area contributed by atoms with Crippen LogP contribution < -0.4 is 4.74 Å². The van der Waals surface area contributed by atoms with Crippen molar-refractivity contribution in [2.45, 2.75) is 50.0 Å². The Morgan fingerprint density at radius 2 is 2.05 bits per heavy atom. The third-order valence-electron chi connectivity index (χ3n) is 4.42. The van der Waals surface area contributed by atoms with Crippen molar-refractivity contribution in [1.82, 2.24) is 0 Å². The summed E-state index contributed by atoms with van der Waals surface area (Å²) in [7, 11) is 0. The molecule has 0 aliphatic heterocycles. The normalized spacial score (nSPS) is 21.3. The molecule has 2 aliphatic carbocycles. The van der Waals surface area contributed by atoms with Gasteiger partial charge in [-0.25, -0.2) is 0 Å². The maximum atomic E-state index is 11.6. The predicted octanol–water partition coefficient (Wildman–Crippen LogP) is 3.78. The molecule has 1 N–H and O–H groups in total. The smallest absolute Gasteiger partial charge is 0.314 e. The molecular formula is C15H17ClO3. The lowest BCUT2D eigenvalue weighted by atomic mass is 9.64. The number of carboxylic acids is 1. The highest BCUT2D eigenvalue weighted by Gasteiger charge is 2.48. The van der Waals surface area contributed by atoms with Gasteiger partial charge in [0, 0.05) is 10.6 Å². The minimum Gasteiger partial charge on any atom is -0.490 e. The van der Waals surface area contributed by atoms with Crippen LogP contribution >= 0.6 is 11.6 Å². The molecule has 102 valence electrons. The maximum absolute atomic E-state index is 11.6. The summed E-state index contributed by atoms with van der Waals surface area (Å²) in [6.07, 6.45) is 5.84. The lowest BCUT2D eigenvalue weighted by Crippen LogP contribution is -2.43. The number of benzene rings is 1. The molecule has 3 rings (SSSR count). The van der Waals surface area contributed by atoms with Crippen LogP contribution in [-0.4, -0.2) is 17.2 Å². The van der Waals surface area contributed by atoms with Crippen molar-refractivity contribution in [3.63, 3.8) is 0 Å². The first kappa shape index (κ1) is 12.8. The van der Waals surface area contributed by atoms with Crippen LogP contribution in [-0.2, 0) is 10.2 Å². The molecule has 2 fully saturated rings. The Bertz CT molecular complexity index is 504. The number of rotatable bonds is 4. The second-order valence-corrected chi connectivity index (χ2v) is 5.99. The Hall–Kier alpha value is -1.22. The summed E-state index contributed by atoms with van der Waals surface area (Å²) in [4.78, 5) is 11.6. The standard InChI is InChI=1S/C15H17ClO3/c16-10-5-6-13(19-11-3-1-4-11)12(9-10)15(14(17)18)7-2-8-15/h5-6,9,11H,1-4,7-8H2,(H,17,18). The van der Waals surface area contributed by atoms with Crippen molar-refractivity contribution in [2.75, 3.05) is 0 Å². The van der Waals surface area contributed by atoms with E-state index in [-0.39, 0.29) is 6.10 Å². The second-order valence-electron chi connectivity index (χ2n) is 5.55. The van der Waals surface area contributed by atoms with E-state index >= 15 is 0 Å². The maximum Gasteiger partial charge on any atom is 0.314 e. The number of halogens is 1. The van der Waals surface area contributed by atoms with E-state index in [1.807, 2.05) is 6.07 Å². The summed E-state index contributed by atoms with van der Waals surface area (Å²) in [6.45, 7) is 0. The minimum absolute atomic E-state index is 0.242. The summed E-state index contributed by atoms with van der Waals surface area (Å²) in [6, 6.07) is 5.36. The summed E-state index contributed by atoms with van der Waals surface area (Å²) >= 11 is 6.04. The molecular weight excluding hydrogens is 264 g/mol. The van der Waals surface area contributed by atoms with Gasteiger partial charge in [-0.1, -0.05) is 18.0 Å². The van der Waals surface area contributed by atoms with E-state index in [1.54, 1.807) is 12.1 Å². The zero-order valence-corrected chi connectivity index (χ0v) is 11.4. The molecule has 19 heavy (non-hydrogen) atoms. The van der Waals surface area contributed by atoms with Crippen LogP contribution in [0.25, 0.3) is 0 Å². The van der Waals surface area contributed by atoms with E-state index in [1.165, 1.54) is 6.42 Å². The van der Waals surface area contributed by atoms with Crippen molar-refractivity contribution in [3.8, 4) is 5.75 Å². The number of hydrogen-bond acceptors (Lipinski definition) is 2. The minimum atomic E-state index is -0.788. The molecule has 1 aromatic rings. The topological polar surface area (TPSA) is 46.5 Å². The highest BCUT2D eigenvalue weighted by atomic mass is 35.5. The lowest BCUT2D eigenvalue weighted by Gasteiger charge is -2.40. The van der Waals surface area contributed by atoms with E-state index in [9.17, 15) is 9.90 Å². The van der Waals surface area contributed by atoms with E-state index < -0.39 is 11.4 Å². The molecule has 0 saturated heterocycles. The number of hydrogen-bond donors (Lipinski definition) is 1. The Balaban J connectivity index is 1.97. The molecule has 2 aliphatic rings. The molecule has 1 aromatic carbocycles. The molecule has 4 heteroatoms. The van der Waals surface area contributed by atoms with Crippen LogP contribution in [0.5, 0.6) is 5.75 Å². The summed E-state index contributed by atoms with van der Waals surface area (Å²) in [5.74, 6) is -0.0596. The number of carbonyl (C=O) groups is 1. The average molecular weight is 281 g/mol. The van der Waals surface area contributed by atoms with E-state index in [4.69, 9.17) is 16.3 Å². The monoisotopic (exact) mass is 280 g/mol. The van der Waals surface area contributed by atoms with Gasteiger partial charge >= 0.3 is 5.97 Å². The highest BCUT2D eigenvalue weighted by Crippen LogP contribution is 2.48. The Kier molecular flexibility index (Phi) is 3.17. The van der Waals surface area contributed by atoms with Gasteiger partial charge in [0.1, 0.15) is 5.75 Å². The van der Waals surface area contributed by atoms with Crippen LogP contribution in [0.3, 0.4) is 0 Å². The molecule has 0 atom stereocenters. The van der Waals surface area contributed by atoms with Gasteiger partial charge in [-0.3, -0.25) is 4.79 Å². The third-order valence-corrected chi connectivity index (χ3v) is 4.65. The molecule has 0 radical (unpaired) electrons. The number of carboxylic acid groups (broad SMARTS) is 1. The Morgan fingerprint density at radius 3 is 2.53 bits per heavy atom. The molecule has 0 unspecified atom stereocenters. The Labute approximate surface area is 117 Å². The van der Waals surface area contributed by atoms with Gasteiger partial charge in [-0.05, 0) is 50.3 Å². The zero-order valence-electron chi connectivity index (χ0n) is 10.7. The van der Waals surface area contributed by atoms with Crippen LogP contribution in [0.4, 0.5) is 0 Å². The first-order valence-electron chi connectivity index (χ1n) is 6.82. The lowest BCUT2D eigenvalue weighted by molar-refractivity contribution is -0.147. The van der Waals surface area contributed by atoms with E-state index in [0.717, 1.165) is 24.8 Å². The van der Waals surface area contributed by atoms with Gasteiger partial charge in [-0.15, -0.1) is 0 Å². The summed E-state index contributed by atoms with van der Waals surface area (Å²) in [5, 5.41) is 10.1. The van der Waals surface area contributed by atoms with Gasteiger partial charge < -0.3 is 9.84 Å². The third kappa shape index (κ3) is 2.10. The first-order valence-corrected chi connectivity index (χ1v) is 7.20. The zero-order chi connectivity index (χ0) is 13.5. The second kappa shape index (κ2) is 4.71. The fraction of sp³-hybridized carbons (Fsp3) is 0.533. The number of aliphatic carboxylic acids is 1. The van der Waals surface area contributed by atoms with Crippen molar-refractivity contribution in [1.29, 1.82) is 0 Å². The SMILES string of the molecule is O=C(O)C1(c2cc(Cl)ccc2OC2CCC2)CCC1. The number of ether oxygens (including phenoxy) is 1. The average Bonchev–Trinajstić information content (AvgIpc) is 2.23. The first-order chi connectivity index (χ1) is 9.12. The quantitative estimate of drug-likeness (QED) is 0.913. The van der Waals surface area contributed by atoms with Crippen molar-refractivity contribution < 1.29 is 14.6 Å². The predicted molar refractivity (Wildman–Crippen MR) is 72.9 cm³/mol. The van der Waals surface area contributed by atoms with Crippen molar-refractivity contribution >= 4 is 17.6 Å². The summed E-state index contributed by atoms with van der Waals surface area (Å²) < 4.78 is 5.95. The molecule has 0 bridgehead atoms. The van der Waals surface area contributed by atoms with Crippen LogP contribution in [0.1, 0.15) is 44.1 Å². The fourth-order valence-corrected chi connectivity index (χ4v) is 2.95. The molecule has 0 aromatic heterocycles. The molecule has 0 amide bonds. The Morgan fingerprint density at radius 1 is 1.32 bits per heavy atom. The van der Waals surface area contributed by atoms with Gasteiger partial charge in [-0.2, -0.15) is 0 Å². The molecule has 3 nitrogen and oxygen atoms in total. The van der Waals surface area contributed by atoms with Crippen molar-refractivity contribution in [3.05, 3.63) is 28.8 Å². The highest BCUT2D eigenvalue weighted by molar-refractivity contribution is 6.30. The largest absolute Gasteiger partial charge is 0.490 e. The molecule has 0 spiro atoms. The van der Waals surface area contributed by atoms with Gasteiger partial charge in [0.15, 0.2) is 0 Å². The van der Waals surface area contributed by atoms with Crippen LogP contribution in [0.15, 0.2) is 18.2 Å². The molecule has 0 heterocycles. The molecule has 2 saturated carbocycles. The van der Waals surface area contributed by atoms with Crippen LogP contribution in [0.2, 0.25) is 5.02 Å². The van der Waals surface area contributed by atoms with E-state index in [0.29, 0.717) is 23.6 Å². The van der Waals surface area contributed by atoms with Gasteiger partial charge in [0.25, 0.3) is 0 Å².